The lowest BCUT2D eigenvalue weighted by Gasteiger charge is -2.32. The molecule has 1 saturated heterocycles. The maximum atomic E-state index is 14.6. The predicted octanol–water partition coefficient (Wildman–Crippen LogP) is 6.47. The van der Waals surface area contributed by atoms with Gasteiger partial charge in [-0.3, -0.25) is 4.79 Å². The Morgan fingerprint density at radius 2 is 1.64 bits per heavy atom. The topological polar surface area (TPSA) is 114 Å². The van der Waals surface area contributed by atoms with Crippen LogP contribution in [0.15, 0.2) is 103 Å². The molecule has 4 aromatic rings. The Hall–Kier alpha value is -5.03. The number of hydrogen-bond acceptors (Lipinski definition) is 8. The fourth-order valence-electron chi connectivity index (χ4n) is 4.92. The standard InChI is InChI=1S/C34H31FN2O7S/c1-42-27-15-7-22(8-16-27)21-45-32(33(40)37-29(19-44-34(37)41)23-5-3-2-4-6-23)31(36-26-13-11-25(35)12-14-26)24-9-17-28(18-10-24)43-20-30(38)39/h2-18,29,31-32,36H,19-21H2,1H3,(H,38,39)/t29-,31-,32?/m1/s1. The summed E-state index contributed by atoms with van der Waals surface area (Å²) < 4.78 is 29.8. The average Bonchev–Trinajstić information content (AvgIpc) is 3.46. The van der Waals surface area contributed by atoms with E-state index in [-0.39, 0.29) is 6.61 Å². The Bertz CT molecular complexity index is 1600. The molecule has 0 radical (unpaired) electrons. The van der Waals surface area contributed by atoms with Gasteiger partial charge in [-0.05, 0) is 65.2 Å². The second kappa shape index (κ2) is 14.6. The van der Waals surface area contributed by atoms with Crippen molar-refractivity contribution in [2.75, 3.05) is 25.6 Å². The highest BCUT2D eigenvalue weighted by molar-refractivity contribution is 7.99. The molecular formula is C34H31FN2O7S. The van der Waals surface area contributed by atoms with Crippen LogP contribution in [0, 0.1) is 5.82 Å². The van der Waals surface area contributed by atoms with Crippen LogP contribution < -0.4 is 14.8 Å². The Balaban J connectivity index is 1.53. The summed E-state index contributed by atoms with van der Waals surface area (Å²) in [6, 6.07) is 27.8. The highest BCUT2D eigenvalue weighted by atomic mass is 32.2. The molecular weight excluding hydrogens is 599 g/mol. The summed E-state index contributed by atoms with van der Waals surface area (Å²) in [5, 5.41) is 11.5. The van der Waals surface area contributed by atoms with Gasteiger partial charge in [-0.25, -0.2) is 18.9 Å². The molecule has 0 aliphatic carbocycles. The molecule has 0 aromatic heterocycles. The molecule has 1 unspecified atom stereocenters. The van der Waals surface area contributed by atoms with Gasteiger partial charge in [0.1, 0.15) is 35.2 Å². The number of amides is 2. The molecule has 9 nitrogen and oxygen atoms in total. The van der Waals surface area contributed by atoms with Gasteiger partial charge in [-0.2, -0.15) is 0 Å². The lowest BCUT2D eigenvalue weighted by molar-refractivity contribution is -0.139. The Labute approximate surface area is 263 Å². The van der Waals surface area contributed by atoms with Crippen molar-refractivity contribution in [2.24, 2.45) is 0 Å². The number of carboxylic acids is 1. The third-order valence-corrected chi connectivity index (χ3v) is 8.53. The normalized spacial score (nSPS) is 15.6. The highest BCUT2D eigenvalue weighted by Crippen LogP contribution is 2.38. The molecule has 1 aliphatic rings. The number of carbonyl (C=O) groups is 3. The molecule has 45 heavy (non-hydrogen) atoms. The summed E-state index contributed by atoms with van der Waals surface area (Å²) in [5.41, 5.74) is 2.91. The lowest BCUT2D eigenvalue weighted by atomic mass is 10.00. The third-order valence-electron chi connectivity index (χ3n) is 7.20. The minimum atomic E-state index is -1.11. The number of methoxy groups -OCH3 is 1. The van der Waals surface area contributed by atoms with Crippen molar-refractivity contribution in [1.29, 1.82) is 0 Å². The number of benzene rings is 4. The number of nitrogens with one attached hydrogen (secondary N) is 1. The van der Waals surface area contributed by atoms with Gasteiger partial charge in [0, 0.05) is 11.4 Å². The van der Waals surface area contributed by atoms with Crippen LogP contribution in [0.1, 0.15) is 28.8 Å². The first kappa shape index (κ1) is 31.4. The largest absolute Gasteiger partial charge is 0.497 e. The van der Waals surface area contributed by atoms with Crippen LogP contribution in [0.3, 0.4) is 0 Å². The quantitative estimate of drug-likeness (QED) is 0.172. The molecule has 1 heterocycles. The molecule has 1 fully saturated rings. The van der Waals surface area contributed by atoms with Gasteiger partial charge in [-0.15, -0.1) is 11.8 Å². The summed E-state index contributed by atoms with van der Waals surface area (Å²) in [7, 11) is 1.58. The Morgan fingerprint density at radius 1 is 0.978 bits per heavy atom. The van der Waals surface area contributed by atoms with Gasteiger partial charge in [0.05, 0.1) is 13.2 Å². The fraction of sp³-hybridized carbons (Fsp3) is 0.206. The summed E-state index contributed by atoms with van der Waals surface area (Å²) in [6.45, 7) is -0.483. The molecule has 232 valence electrons. The zero-order valence-corrected chi connectivity index (χ0v) is 25.1. The third kappa shape index (κ3) is 7.93. The molecule has 3 atom stereocenters. The number of ether oxygens (including phenoxy) is 3. The maximum Gasteiger partial charge on any atom is 0.417 e. The van der Waals surface area contributed by atoms with Gasteiger partial charge >= 0.3 is 12.1 Å². The van der Waals surface area contributed by atoms with E-state index in [2.05, 4.69) is 5.32 Å². The van der Waals surface area contributed by atoms with Crippen molar-refractivity contribution < 1.29 is 38.1 Å². The van der Waals surface area contributed by atoms with E-state index in [4.69, 9.17) is 19.3 Å². The van der Waals surface area contributed by atoms with Crippen LogP contribution in [0.25, 0.3) is 0 Å². The number of hydrogen-bond donors (Lipinski definition) is 2. The molecule has 2 N–H and O–H groups in total. The number of carbonyl (C=O) groups excluding carboxylic acids is 2. The van der Waals surface area contributed by atoms with Crippen LogP contribution in [0.4, 0.5) is 14.9 Å². The molecule has 5 rings (SSSR count). The summed E-state index contributed by atoms with van der Waals surface area (Å²) in [6.07, 6.45) is -0.734. The number of thioether (sulfide) groups is 1. The molecule has 0 bridgehead atoms. The van der Waals surface area contributed by atoms with E-state index in [0.717, 1.165) is 11.1 Å². The fourth-order valence-corrected chi connectivity index (χ4v) is 6.15. The van der Waals surface area contributed by atoms with Crippen molar-refractivity contribution in [2.45, 2.75) is 23.1 Å². The number of cyclic esters (lactones) is 1. The number of aliphatic carboxylic acids is 1. The number of nitrogens with zero attached hydrogens (tertiary/aromatic N) is 1. The van der Waals surface area contributed by atoms with Gasteiger partial charge in [-0.1, -0.05) is 54.6 Å². The number of carboxylic acid groups (broad SMARTS) is 1. The SMILES string of the molecule is COc1ccc(CSC(C(=O)N2C(=O)OC[C@@H]2c2ccccc2)[C@H](Nc2ccc(F)cc2)c2ccc(OCC(=O)O)cc2)cc1. The second-order valence-electron chi connectivity index (χ2n) is 10.2. The van der Waals surface area contributed by atoms with Gasteiger partial charge in [0.15, 0.2) is 6.61 Å². The Kier molecular flexibility index (Phi) is 10.2. The lowest BCUT2D eigenvalue weighted by Crippen LogP contribution is -2.44. The first-order valence-electron chi connectivity index (χ1n) is 14.1. The zero-order valence-electron chi connectivity index (χ0n) is 24.3. The monoisotopic (exact) mass is 630 g/mol. The molecule has 4 aromatic carbocycles. The molecule has 0 saturated carbocycles. The molecule has 11 heteroatoms. The summed E-state index contributed by atoms with van der Waals surface area (Å²) >= 11 is 1.34. The van der Waals surface area contributed by atoms with E-state index in [1.165, 1.54) is 28.8 Å². The predicted molar refractivity (Wildman–Crippen MR) is 168 cm³/mol. The molecule has 1 aliphatic heterocycles. The smallest absolute Gasteiger partial charge is 0.417 e. The maximum absolute atomic E-state index is 14.6. The molecule has 0 spiro atoms. The number of anilines is 1. The van der Waals surface area contributed by atoms with Crippen molar-refractivity contribution in [3.05, 3.63) is 126 Å². The molecule has 2 amide bonds. The van der Waals surface area contributed by atoms with Gasteiger partial charge in [0.2, 0.25) is 5.91 Å². The minimum Gasteiger partial charge on any atom is -0.497 e. The van der Waals surface area contributed by atoms with E-state index in [1.807, 2.05) is 54.6 Å². The van der Waals surface area contributed by atoms with Crippen LogP contribution in [-0.2, 0) is 20.1 Å². The first-order chi connectivity index (χ1) is 21.8. The van der Waals surface area contributed by atoms with Crippen LogP contribution in [-0.4, -0.2) is 53.5 Å². The minimum absolute atomic E-state index is 0.0239. The number of halogens is 1. The average molecular weight is 631 g/mol. The second-order valence-corrected chi connectivity index (χ2v) is 11.3. The zero-order chi connectivity index (χ0) is 31.8. The summed E-state index contributed by atoms with van der Waals surface area (Å²) in [5.74, 6) is -0.535. The van der Waals surface area contributed by atoms with E-state index in [1.54, 1.807) is 43.5 Å². The number of rotatable bonds is 13. The van der Waals surface area contributed by atoms with E-state index < -0.39 is 47.7 Å². The first-order valence-corrected chi connectivity index (χ1v) is 15.1. The van der Waals surface area contributed by atoms with Crippen LogP contribution in [0.5, 0.6) is 11.5 Å². The van der Waals surface area contributed by atoms with Gasteiger partial charge in [0.25, 0.3) is 0 Å². The van der Waals surface area contributed by atoms with Crippen molar-refractivity contribution in [1.82, 2.24) is 4.90 Å². The van der Waals surface area contributed by atoms with Crippen LogP contribution in [0.2, 0.25) is 0 Å². The van der Waals surface area contributed by atoms with E-state index in [9.17, 15) is 18.8 Å². The van der Waals surface area contributed by atoms with E-state index in [0.29, 0.717) is 28.5 Å². The van der Waals surface area contributed by atoms with Crippen molar-refractivity contribution in [3.8, 4) is 11.5 Å². The Morgan fingerprint density at radius 3 is 2.29 bits per heavy atom. The van der Waals surface area contributed by atoms with Crippen molar-refractivity contribution >= 4 is 35.4 Å². The van der Waals surface area contributed by atoms with E-state index >= 15 is 0 Å². The van der Waals surface area contributed by atoms with Gasteiger partial charge < -0.3 is 24.6 Å². The number of imide groups is 1. The summed E-state index contributed by atoms with van der Waals surface area (Å²) in [4.78, 5) is 39.8. The highest BCUT2D eigenvalue weighted by Gasteiger charge is 2.44. The van der Waals surface area contributed by atoms with Crippen LogP contribution >= 0.6 is 11.8 Å². The van der Waals surface area contributed by atoms with Crippen molar-refractivity contribution in [3.63, 3.8) is 0 Å².